The van der Waals surface area contributed by atoms with Crippen molar-refractivity contribution in [3.8, 4) is 0 Å². The maximum Gasteiger partial charge on any atom is 0.0739 e. The Bertz CT molecular complexity index is 485. The Morgan fingerprint density at radius 2 is 2.10 bits per heavy atom. The van der Waals surface area contributed by atoms with Gasteiger partial charge in [-0.15, -0.1) is 0 Å². The average Bonchev–Trinajstić information content (AvgIpc) is 2.77. The van der Waals surface area contributed by atoms with Crippen molar-refractivity contribution >= 4 is 15.9 Å². The highest BCUT2D eigenvalue weighted by Gasteiger charge is 2.36. The molecular weight excluding hydrogens is 328 g/mol. The zero-order chi connectivity index (χ0) is 15.6. The molecule has 5 heteroatoms. The lowest BCUT2D eigenvalue weighted by atomic mass is 9.91. The molecule has 1 aromatic heterocycles. The predicted molar refractivity (Wildman–Crippen MR) is 91.5 cm³/mol. The van der Waals surface area contributed by atoms with Gasteiger partial charge in [-0.1, -0.05) is 13.8 Å². The highest BCUT2D eigenvalue weighted by Crippen LogP contribution is 2.29. The monoisotopic (exact) mass is 356 g/mol. The summed E-state index contributed by atoms with van der Waals surface area (Å²) in [4.78, 5) is 2.64. The van der Waals surface area contributed by atoms with Crippen LogP contribution in [-0.2, 0) is 13.1 Å². The van der Waals surface area contributed by atoms with Crippen molar-refractivity contribution in [1.82, 2.24) is 20.0 Å². The first-order valence-corrected chi connectivity index (χ1v) is 8.94. The van der Waals surface area contributed by atoms with Gasteiger partial charge < -0.3 is 5.32 Å². The first-order valence-electron chi connectivity index (χ1n) is 8.15. The van der Waals surface area contributed by atoms with Gasteiger partial charge in [0, 0.05) is 37.8 Å². The number of nitrogens with zero attached hydrogens (tertiary/aromatic N) is 3. The number of nitrogens with one attached hydrogen (secondary N) is 1. The third kappa shape index (κ3) is 3.35. The number of hydrogen-bond donors (Lipinski definition) is 1. The van der Waals surface area contributed by atoms with Crippen LogP contribution in [-0.4, -0.2) is 39.4 Å². The highest BCUT2D eigenvalue weighted by atomic mass is 79.9. The second kappa shape index (κ2) is 6.80. The van der Waals surface area contributed by atoms with E-state index >= 15 is 0 Å². The van der Waals surface area contributed by atoms with E-state index in [-0.39, 0.29) is 5.54 Å². The van der Waals surface area contributed by atoms with Crippen molar-refractivity contribution in [3.05, 3.63) is 15.9 Å². The molecule has 120 valence electrons. The number of halogens is 1. The van der Waals surface area contributed by atoms with Gasteiger partial charge in [-0.2, -0.15) is 5.10 Å². The summed E-state index contributed by atoms with van der Waals surface area (Å²) in [6.07, 6.45) is 2.34. The molecule has 2 atom stereocenters. The molecule has 2 unspecified atom stereocenters. The van der Waals surface area contributed by atoms with Crippen LogP contribution in [0.4, 0.5) is 0 Å². The van der Waals surface area contributed by atoms with E-state index in [1.165, 1.54) is 16.6 Å². The molecule has 0 saturated carbocycles. The molecule has 0 radical (unpaired) electrons. The van der Waals surface area contributed by atoms with Crippen LogP contribution in [0, 0.1) is 6.92 Å². The molecule has 21 heavy (non-hydrogen) atoms. The first-order chi connectivity index (χ1) is 9.95. The molecule has 2 heterocycles. The van der Waals surface area contributed by atoms with E-state index in [4.69, 9.17) is 0 Å². The van der Waals surface area contributed by atoms with E-state index in [1.54, 1.807) is 0 Å². The number of aromatic nitrogens is 2. The minimum atomic E-state index is 0.224. The quantitative estimate of drug-likeness (QED) is 0.878. The van der Waals surface area contributed by atoms with Crippen molar-refractivity contribution in [2.45, 2.75) is 72.1 Å². The van der Waals surface area contributed by atoms with Crippen LogP contribution in [0.1, 0.15) is 51.9 Å². The van der Waals surface area contributed by atoms with Gasteiger partial charge in [-0.3, -0.25) is 9.58 Å². The van der Waals surface area contributed by atoms with E-state index < -0.39 is 0 Å². The molecule has 4 nitrogen and oxygen atoms in total. The fraction of sp³-hybridized carbons (Fsp3) is 0.812. The van der Waals surface area contributed by atoms with Crippen LogP contribution in [0.15, 0.2) is 4.47 Å². The average molecular weight is 357 g/mol. The first kappa shape index (κ1) is 17.0. The summed E-state index contributed by atoms with van der Waals surface area (Å²) in [5, 5.41) is 8.33. The SMILES string of the molecule is CCC1CN(Cc2c(Br)c(C)nn2CC)C(C)(CC)CN1. The zero-order valence-electron chi connectivity index (χ0n) is 14.0. The van der Waals surface area contributed by atoms with E-state index in [0.717, 1.165) is 38.3 Å². The Kier molecular flexibility index (Phi) is 5.49. The summed E-state index contributed by atoms with van der Waals surface area (Å²) < 4.78 is 3.31. The molecule has 0 spiro atoms. The predicted octanol–water partition coefficient (Wildman–Crippen LogP) is 3.33. The lowest BCUT2D eigenvalue weighted by Gasteiger charge is -2.48. The van der Waals surface area contributed by atoms with E-state index in [1.807, 2.05) is 0 Å². The maximum atomic E-state index is 4.63. The Morgan fingerprint density at radius 3 is 2.67 bits per heavy atom. The molecule has 0 amide bonds. The second-order valence-electron chi connectivity index (χ2n) is 6.38. The van der Waals surface area contributed by atoms with Crippen LogP contribution in [0.5, 0.6) is 0 Å². The fourth-order valence-corrected chi connectivity index (χ4v) is 3.51. The fourth-order valence-electron chi connectivity index (χ4n) is 3.11. The molecule has 1 aromatic rings. The van der Waals surface area contributed by atoms with Crippen LogP contribution in [0.3, 0.4) is 0 Å². The molecule has 1 aliphatic rings. The van der Waals surface area contributed by atoms with Crippen molar-refractivity contribution in [2.24, 2.45) is 0 Å². The van der Waals surface area contributed by atoms with Crippen molar-refractivity contribution in [3.63, 3.8) is 0 Å². The van der Waals surface area contributed by atoms with Crippen LogP contribution in [0.2, 0.25) is 0 Å². The Labute approximate surface area is 137 Å². The Morgan fingerprint density at radius 1 is 1.38 bits per heavy atom. The third-order valence-corrected chi connectivity index (χ3v) is 6.06. The van der Waals surface area contributed by atoms with E-state index in [0.29, 0.717) is 6.04 Å². The third-order valence-electron chi connectivity index (χ3n) is 5.02. The smallest absolute Gasteiger partial charge is 0.0739 e. The summed E-state index contributed by atoms with van der Waals surface area (Å²) >= 11 is 3.73. The summed E-state index contributed by atoms with van der Waals surface area (Å²) in [5.41, 5.74) is 2.63. The van der Waals surface area contributed by atoms with Gasteiger partial charge in [-0.25, -0.2) is 0 Å². The standard InChI is InChI=1S/C16H29BrN4/c1-6-13-9-20(16(5,7-2)11-18-13)10-14-15(17)12(4)19-21(14)8-3/h13,18H,6-11H2,1-5H3. The second-order valence-corrected chi connectivity index (χ2v) is 7.17. The molecule has 1 saturated heterocycles. The van der Waals surface area contributed by atoms with E-state index in [9.17, 15) is 0 Å². The van der Waals surface area contributed by atoms with Gasteiger partial charge in [0.25, 0.3) is 0 Å². The maximum absolute atomic E-state index is 4.63. The van der Waals surface area contributed by atoms with Gasteiger partial charge in [0.2, 0.25) is 0 Å². The van der Waals surface area contributed by atoms with Crippen molar-refractivity contribution in [2.75, 3.05) is 13.1 Å². The van der Waals surface area contributed by atoms with Gasteiger partial charge in [0.15, 0.2) is 0 Å². The summed E-state index contributed by atoms with van der Waals surface area (Å²) in [6, 6.07) is 0.600. The number of piperazine rings is 1. The highest BCUT2D eigenvalue weighted by molar-refractivity contribution is 9.10. The summed E-state index contributed by atoms with van der Waals surface area (Å²) in [5.74, 6) is 0. The lowest BCUT2D eigenvalue weighted by molar-refractivity contribution is 0.0384. The summed E-state index contributed by atoms with van der Waals surface area (Å²) in [7, 11) is 0. The number of hydrogen-bond acceptors (Lipinski definition) is 3. The molecule has 0 aliphatic carbocycles. The Hall–Kier alpha value is -0.390. The normalized spacial score (nSPS) is 27.2. The minimum Gasteiger partial charge on any atom is -0.311 e. The molecule has 1 aliphatic heterocycles. The number of rotatable bonds is 5. The van der Waals surface area contributed by atoms with Gasteiger partial charge in [-0.05, 0) is 49.5 Å². The zero-order valence-corrected chi connectivity index (χ0v) is 15.6. The molecule has 1 fully saturated rings. The van der Waals surface area contributed by atoms with Gasteiger partial charge in [0.1, 0.15) is 0 Å². The van der Waals surface area contributed by atoms with Gasteiger partial charge >= 0.3 is 0 Å². The lowest BCUT2D eigenvalue weighted by Crippen LogP contribution is -2.62. The summed E-state index contributed by atoms with van der Waals surface area (Å²) in [6.45, 7) is 15.2. The molecule has 0 aromatic carbocycles. The van der Waals surface area contributed by atoms with Gasteiger partial charge in [0.05, 0.1) is 15.9 Å². The Balaban J connectivity index is 2.26. The molecule has 2 rings (SSSR count). The largest absolute Gasteiger partial charge is 0.311 e. The van der Waals surface area contributed by atoms with Crippen molar-refractivity contribution in [1.29, 1.82) is 0 Å². The minimum absolute atomic E-state index is 0.224. The molecule has 0 bridgehead atoms. The van der Waals surface area contributed by atoms with Crippen LogP contribution >= 0.6 is 15.9 Å². The molecular formula is C16H29BrN4. The van der Waals surface area contributed by atoms with E-state index in [2.05, 4.69) is 70.5 Å². The van der Waals surface area contributed by atoms with Crippen LogP contribution < -0.4 is 5.32 Å². The topological polar surface area (TPSA) is 33.1 Å². The van der Waals surface area contributed by atoms with Crippen LogP contribution in [0.25, 0.3) is 0 Å². The molecule has 1 N–H and O–H groups in total. The number of aryl methyl sites for hydroxylation is 2. The van der Waals surface area contributed by atoms with Crippen molar-refractivity contribution < 1.29 is 0 Å².